The molecule has 0 aliphatic carbocycles. The van der Waals surface area contributed by atoms with Crippen LogP contribution in [0.1, 0.15) is 47.4 Å². The number of Topliss-reactive ketones (excluding diaryl/α,β-unsaturated/α-hetero) is 1. The van der Waals surface area contributed by atoms with Gasteiger partial charge in [0, 0.05) is 29.6 Å². The van der Waals surface area contributed by atoms with Crippen LogP contribution in [0.15, 0.2) is 42.5 Å². The van der Waals surface area contributed by atoms with Gasteiger partial charge in [0.05, 0.1) is 17.7 Å². The van der Waals surface area contributed by atoms with Crippen LogP contribution >= 0.6 is 23.2 Å². The number of halogens is 2. The summed E-state index contributed by atoms with van der Waals surface area (Å²) in [5.41, 5.74) is 0.913. The SMILES string of the molecule is COc1ccc(C(=O)C2CCN(C(=O)[C@@H](NC(=O)c3ccc(Cl)cc3Cl)C(C)C)CC2)cc1. The molecule has 0 unspecified atom stereocenters. The molecule has 176 valence electrons. The lowest BCUT2D eigenvalue weighted by molar-refractivity contribution is -0.135. The van der Waals surface area contributed by atoms with Gasteiger partial charge in [0.1, 0.15) is 11.8 Å². The maximum Gasteiger partial charge on any atom is 0.253 e. The monoisotopic (exact) mass is 490 g/mol. The Balaban J connectivity index is 1.62. The van der Waals surface area contributed by atoms with Crippen LogP contribution in [0.5, 0.6) is 5.75 Å². The van der Waals surface area contributed by atoms with E-state index in [2.05, 4.69) is 5.32 Å². The molecule has 2 amide bonds. The summed E-state index contributed by atoms with van der Waals surface area (Å²) in [6, 6.07) is 11.0. The second-order valence-corrected chi connectivity index (χ2v) is 9.36. The number of ether oxygens (including phenoxy) is 1. The highest BCUT2D eigenvalue weighted by atomic mass is 35.5. The third kappa shape index (κ3) is 6.06. The fraction of sp³-hybridized carbons (Fsp3) is 0.400. The Labute approximate surface area is 204 Å². The minimum Gasteiger partial charge on any atom is -0.497 e. The lowest BCUT2D eigenvalue weighted by atomic mass is 9.88. The summed E-state index contributed by atoms with van der Waals surface area (Å²) in [5, 5.41) is 3.48. The number of benzene rings is 2. The van der Waals surface area contributed by atoms with Gasteiger partial charge in [0.25, 0.3) is 5.91 Å². The van der Waals surface area contributed by atoms with Gasteiger partial charge < -0.3 is 15.0 Å². The van der Waals surface area contributed by atoms with E-state index in [0.29, 0.717) is 42.3 Å². The number of ketones is 1. The molecule has 2 aromatic carbocycles. The normalized spacial score (nSPS) is 15.3. The standard InChI is InChI=1S/C25H28Cl2N2O4/c1-15(2)22(28-24(31)20-9-6-18(26)14-21(20)27)25(32)29-12-10-17(11-13-29)23(30)16-4-7-19(33-3)8-5-16/h4-9,14-15,17,22H,10-13H2,1-3H3,(H,28,31)/t22-/m0/s1. The lowest BCUT2D eigenvalue weighted by Gasteiger charge is -2.35. The zero-order chi connectivity index (χ0) is 24.1. The summed E-state index contributed by atoms with van der Waals surface area (Å²) in [7, 11) is 1.58. The van der Waals surface area contributed by atoms with E-state index >= 15 is 0 Å². The molecule has 1 atom stereocenters. The first kappa shape index (κ1) is 25.1. The molecule has 1 saturated heterocycles. The van der Waals surface area contributed by atoms with Gasteiger partial charge in [-0.3, -0.25) is 14.4 Å². The van der Waals surface area contributed by atoms with Crippen molar-refractivity contribution in [2.45, 2.75) is 32.7 Å². The van der Waals surface area contributed by atoms with E-state index in [1.165, 1.54) is 12.1 Å². The summed E-state index contributed by atoms with van der Waals surface area (Å²) in [5.74, 6) is -0.0508. The highest BCUT2D eigenvalue weighted by molar-refractivity contribution is 6.36. The van der Waals surface area contributed by atoms with Gasteiger partial charge in [-0.15, -0.1) is 0 Å². The molecule has 0 bridgehead atoms. The van der Waals surface area contributed by atoms with Crippen LogP contribution in [0.4, 0.5) is 0 Å². The molecule has 6 nitrogen and oxygen atoms in total. The van der Waals surface area contributed by atoms with Crippen molar-refractivity contribution in [1.82, 2.24) is 10.2 Å². The topological polar surface area (TPSA) is 75.7 Å². The van der Waals surface area contributed by atoms with Crippen molar-refractivity contribution >= 4 is 40.8 Å². The van der Waals surface area contributed by atoms with Gasteiger partial charge in [0.2, 0.25) is 5.91 Å². The molecule has 1 N–H and O–H groups in total. The minimum absolute atomic E-state index is 0.0795. The van der Waals surface area contributed by atoms with Crippen molar-refractivity contribution in [1.29, 1.82) is 0 Å². The first-order valence-electron chi connectivity index (χ1n) is 10.9. The highest BCUT2D eigenvalue weighted by Gasteiger charge is 2.33. The average Bonchev–Trinajstić information content (AvgIpc) is 2.81. The number of carbonyl (C=O) groups excluding carboxylic acids is 3. The third-order valence-corrected chi connectivity index (χ3v) is 6.49. The fourth-order valence-electron chi connectivity index (χ4n) is 3.96. The quantitative estimate of drug-likeness (QED) is 0.561. The zero-order valence-electron chi connectivity index (χ0n) is 18.9. The van der Waals surface area contributed by atoms with Crippen LogP contribution < -0.4 is 10.1 Å². The van der Waals surface area contributed by atoms with E-state index in [4.69, 9.17) is 27.9 Å². The first-order valence-corrected chi connectivity index (χ1v) is 11.7. The van der Waals surface area contributed by atoms with Crippen molar-refractivity contribution in [2.75, 3.05) is 20.2 Å². The molecule has 33 heavy (non-hydrogen) atoms. The zero-order valence-corrected chi connectivity index (χ0v) is 20.4. The molecule has 0 spiro atoms. The second-order valence-electron chi connectivity index (χ2n) is 8.51. The second kappa shape index (κ2) is 11.0. The lowest BCUT2D eigenvalue weighted by Crippen LogP contribution is -2.53. The summed E-state index contributed by atoms with van der Waals surface area (Å²) in [6.07, 6.45) is 1.16. The largest absolute Gasteiger partial charge is 0.497 e. The number of hydrogen-bond acceptors (Lipinski definition) is 4. The molecular formula is C25H28Cl2N2O4. The number of nitrogens with one attached hydrogen (secondary N) is 1. The van der Waals surface area contributed by atoms with Gasteiger partial charge in [-0.1, -0.05) is 37.0 Å². The van der Waals surface area contributed by atoms with Crippen molar-refractivity contribution in [3.05, 3.63) is 63.6 Å². The Bertz CT molecular complexity index is 1020. The van der Waals surface area contributed by atoms with Gasteiger partial charge >= 0.3 is 0 Å². The fourth-order valence-corrected chi connectivity index (χ4v) is 4.45. The predicted molar refractivity (Wildman–Crippen MR) is 129 cm³/mol. The summed E-state index contributed by atoms with van der Waals surface area (Å²) in [4.78, 5) is 40.6. The van der Waals surface area contributed by atoms with Crippen LogP contribution in [0, 0.1) is 11.8 Å². The van der Waals surface area contributed by atoms with E-state index in [-0.39, 0.29) is 34.1 Å². The molecule has 0 saturated carbocycles. The Morgan fingerprint density at radius 1 is 1.03 bits per heavy atom. The third-order valence-electron chi connectivity index (χ3n) is 5.95. The predicted octanol–water partition coefficient (Wildman–Crippen LogP) is 4.88. The molecule has 8 heteroatoms. The molecule has 2 aromatic rings. The molecule has 1 fully saturated rings. The Morgan fingerprint density at radius 3 is 2.21 bits per heavy atom. The summed E-state index contributed by atoms with van der Waals surface area (Å²) < 4.78 is 5.15. The first-order chi connectivity index (χ1) is 15.7. The minimum atomic E-state index is -0.696. The van der Waals surface area contributed by atoms with Crippen LogP contribution in [0.2, 0.25) is 10.0 Å². The Kier molecular flexibility index (Phi) is 8.38. The molecule has 0 aromatic heterocycles. The number of amides is 2. The number of likely N-dealkylation sites (tertiary alicyclic amines) is 1. The summed E-state index contributed by atoms with van der Waals surface area (Å²) in [6.45, 7) is 4.69. The van der Waals surface area contributed by atoms with Gasteiger partial charge in [-0.05, 0) is 61.2 Å². The number of rotatable bonds is 7. The van der Waals surface area contributed by atoms with E-state index in [1.54, 1.807) is 42.3 Å². The highest BCUT2D eigenvalue weighted by Crippen LogP contribution is 2.25. The summed E-state index contributed by atoms with van der Waals surface area (Å²) >= 11 is 12.1. The van der Waals surface area contributed by atoms with E-state index in [0.717, 1.165) is 0 Å². The van der Waals surface area contributed by atoms with Crippen LogP contribution in [-0.4, -0.2) is 48.7 Å². The van der Waals surface area contributed by atoms with E-state index < -0.39 is 11.9 Å². The van der Waals surface area contributed by atoms with Crippen LogP contribution in [0.25, 0.3) is 0 Å². The number of hydrogen-bond donors (Lipinski definition) is 1. The molecule has 1 heterocycles. The Morgan fingerprint density at radius 2 is 1.67 bits per heavy atom. The van der Waals surface area contributed by atoms with Crippen LogP contribution in [0.3, 0.4) is 0 Å². The molecule has 1 aliphatic heterocycles. The van der Waals surface area contributed by atoms with Crippen molar-refractivity contribution < 1.29 is 19.1 Å². The maximum atomic E-state index is 13.2. The van der Waals surface area contributed by atoms with Crippen molar-refractivity contribution in [3.8, 4) is 5.75 Å². The van der Waals surface area contributed by atoms with E-state index in [9.17, 15) is 14.4 Å². The molecular weight excluding hydrogens is 463 g/mol. The van der Waals surface area contributed by atoms with Crippen LogP contribution in [-0.2, 0) is 4.79 Å². The molecule has 3 rings (SSSR count). The van der Waals surface area contributed by atoms with Crippen molar-refractivity contribution in [2.24, 2.45) is 11.8 Å². The Hall–Kier alpha value is -2.57. The molecule has 0 radical (unpaired) electrons. The van der Waals surface area contributed by atoms with Gasteiger partial charge in [-0.25, -0.2) is 0 Å². The van der Waals surface area contributed by atoms with E-state index in [1.807, 2.05) is 13.8 Å². The number of piperidine rings is 1. The maximum absolute atomic E-state index is 13.2. The molecule has 1 aliphatic rings. The average molecular weight is 491 g/mol. The smallest absolute Gasteiger partial charge is 0.253 e. The number of methoxy groups -OCH3 is 1. The van der Waals surface area contributed by atoms with Gasteiger partial charge in [-0.2, -0.15) is 0 Å². The number of nitrogens with zero attached hydrogens (tertiary/aromatic N) is 1. The number of carbonyl (C=O) groups is 3. The van der Waals surface area contributed by atoms with Gasteiger partial charge in [0.15, 0.2) is 5.78 Å². The van der Waals surface area contributed by atoms with Crippen molar-refractivity contribution in [3.63, 3.8) is 0 Å².